The maximum absolute atomic E-state index is 12.0. The Morgan fingerprint density at radius 2 is 2.21 bits per heavy atom. The lowest BCUT2D eigenvalue weighted by Crippen LogP contribution is -2.23. The maximum atomic E-state index is 12.0. The van der Waals surface area contributed by atoms with Crippen LogP contribution in [0.4, 0.5) is 0 Å². The smallest absolute Gasteiger partial charge is 0.242 e. The van der Waals surface area contributed by atoms with E-state index in [-0.39, 0.29) is 11.4 Å². The molecule has 3 N–H and O–H groups in total. The molecule has 2 aromatic rings. The summed E-state index contributed by atoms with van der Waals surface area (Å²) in [6, 6.07) is 3.25. The first kappa shape index (κ1) is 13.7. The van der Waals surface area contributed by atoms with E-state index in [1.807, 2.05) is 0 Å². The summed E-state index contributed by atoms with van der Waals surface area (Å²) in [4.78, 5) is 10.8. The highest BCUT2D eigenvalue weighted by molar-refractivity contribution is 7.89. The predicted octanol–water partition coefficient (Wildman–Crippen LogP) is 0.00260. The second kappa shape index (κ2) is 5.91. The number of sulfonamides is 1. The van der Waals surface area contributed by atoms with Crippen molar-refractivity contribution in [1.29, 1.82) is 0 Å². The fourth-order valence-corrected chi connectivity index (χ4v) is 2.56. The van der Waals surface area contributed by atoms with Gasteiger partial charge in [-0.25, -0.2) is 23.1 Å². The van der Waals surface area contributed by atoms with Gasteiger partial charge in [0.1, 0.15) is 6.33 Å². The van der Waals surface area contributed by atoms with Crippen molar-refractivity contribution >= 4 is 10.0 Å². The number of nitrogens with zero attached hydrogens (tertiary/aromatic N) is 2. The van der Waals surface area contributed by atoms with Crippen LogP contribution in [0.2, 0.25) is 0 Å². The van der Waals surface area contributed by atoms with Crippen LogP contribution in [0.5, 0.6) is 0 Å². The minimum absolute atomic E-state index is 0.136. The summed E-state index contributed by atoms with van der Waals surface area (Å²) in [5.74, 6) is 0. The van der Waals surface area contributed by atoms with E-state index in [0.717, 1.165) is 5.69 Å². The van der Waals surface area contributed by atoms with Gasteiger partial charge in [-0.05, 0) is 19.2 Å². The molecule has 0 saturated carbocycles. The van der Waals surface area contributed by atoms with Crippen LogP contribution in [0.3, 0.4) is 0 Å². The highest BCUT2D eigenvalue weighted by Crippen LogP contribution is 2.10. The average molecular weight is 281 g/mol. The van der Waals surface area contributed by atoms with Gasteiger partial charge < -0.3 is 10.3 Å². The van der Waals surface area contributed by atoms with E-state index in [2.05, 4.69) is 25.0 Å². The molecule has 0 amide bonds. The Labute approximate surface area is 111 Å². The standard InChI is InChI=1S/C11H15N5O2S/c1-12-5-10-4-11(7-14-10)19(17,18)16-6-9-2-3-13-8-15-9/h2-4,7-8,12,14,16H,5-6H2,1H3. The Bertz CT molecular complexity index is 624. The van der Waals surface area contributed by atoms with Crippen molar-refractivity contribution in [2.45, 2.75) is 18.0 Å². The number of rotatable bonds is 6. The zero-order chi connectivity index (χ0) is 13.7. The van der Waals surface area contributed by atoms with Crippen LogP contribution in [-0.4, -0.2) is 30.4 Å². The van der Waals surface area contributed by atoms with E-state index in [9.17, 15) is 8.42 Å². The normalized spacial score (nSPS) is 11.6. The molecule has 0 aliphatic heterocycles. The first-order chi connectivity index (χ1) is 9.12. The van der Waals surface area contributed by atoms with Crippen molar-refractivity contribution in [3.63, 3.8) is 0 Å². The largest absolute Gasteiger partial charge is 0.363 e. The minimum Gasteiger partial charge on any atom is -0.363 e. The maximum Gasteiger partial charge on any atom is 0.242 e. The number of aromatic amines is 1. The van der Waals surface area contributed by atoms with Crippen LogP contribution in [0.1, 0.15) is 11.4 Å². The molecule has 0 radical (unpaired) electrons. The van der Waals surface area contributed by atoms with Crippen LogP contribution in [0.25, 0.3) is 0 Å². The van der Waals surface area contributed by atoms with Gasteiger partial charge in [0.15, 0.2) is 0 Å². The number of H-pyrrole nitrogens is 1. The molecular weight excluding hydrogens is 266 g/mol. The quantitative estimate of drug-likeness (QED) is 0.692. The summed E-state index contributed by atoms with van der Waals surface area (Å²) >= 11 is 0. The van der Waals surface area contributed by atoms with Gasteiger partial charge in [-0.15, -0.1) is 0 Å². The summed E-state index contributed by atoms with van der Waals surface area (Å²) in [5, 5.41) is 2.94. The molecule has 0 unspecified atom stereocenters. The molecule has 2 aromatic heterocycles. The molecule has 0 spiro atoms. The van der Waals surface area contributed by atoms with Gasteiger partial charge in [0.25, 0.3) is 0 Å². The molecule has 2 rings (SSSR count). The summed E-state index contributed by atoms with van der Waals surface area (Å²) in [7, 11) is -1.73. The van der Waals surface area contributed by atoms with Crippen LogP contribution < -0.4 is 10.0 Å². The first-order valence-electron chi connectivity index (χ1n) is 5.68. The third kappa shape index (κ3) is 3.60. The molecule has 0 aliphatic carbocycles. The van der Waals surface area contributed by atoms with Crippen molar-refractivity contribution in [2.24, 2.45) is 0 Å². The van der Waals surface area contributed by atoms with E-state index in [0.29, 0.717) is 12.2 Å². The van der Waals surface area contributed by atoms with Gasteiger partial charge in [0.2, 0.25) is 10.0 Å². The fourth-order valence-electron chi connectivity index (χ4n) is 1.54. The van der Waals surface area contributed by atoms with Crippen molar-refractivity contribution < 1.29 is 8.42 Å². The molecule has 0 aliphatic rings. The predicted molar refractivity (Wildman–Crippen MR) is 69.6 cm³/mol. The zero-order valence-corrected chi connectivity index (χ0v) is 11.2. The van der Waals surface area contributed by atoms with Gasteiger partial charge in [0, 0.05) is 24.6 Å². The fraction of sp³-hybridized carbons (Fsp3) is 0.273. The van der Waals surface area contributed by atoms with Gasteiger partial charge in [-0.3, -0.25) is 0 Å². The first-order valence-corrected chi connectivity index (χ1v) is 7.16. The lowest BCUT2D eigenvalue weighted by molar-refractivity contribution is 0.580. The van der Waals surface area contributed by atoms with Gasteiger partial charge >= 0.3 is 0 Å². The number of aromatic nitrogens is 3. The molecule has 19 heavy (non-hydrogen) atoms. The summed E-state index contributed by atoms with van der Waals surface area (Å²) < 4.78 is 26.5. The Morgan fingerprint density at radius 1 is 1.37 bits per heavy atom. The Morgan fingerprint density at radius 3 is 2.89 bits per heavy atom. The lowest BCUT2D eigenvalue weighted by atomic mass is 10.4. The second-order valence-electron chi connectivity index (χ2n) is 3.92. The summed E-state index contributed by atoms with van der Waals surface area (Å²) in [5.41, 5.74) is 1.43. The third-order valence-electron chi connectivity index (χ3n) is 2.48. The van der Waals surface area contributed by atoms with Crippen molar-refractivity contribution in [1.82, 2.24) is 25.0 Å². The highest BCUT2D eigenvalue weighted by atomic mass is 32.2. The Kier molecular flexibility index (Phi) is 4.25. The van der Waals surface area contributed by atoms with E-state index >= 15 is 0 Å². The molecular formula is C11H15N5O2S. The van der Waals surface area contributed by atoms with Gasteiger partial charge in [-0.2, -0.15) is 0 Å². The topological polar surface area (TPSA) is 99.8 Å². The number of hydrogen-bond acceptors (Lipinski definition) is 5. The minimum atomic E-state index is -3.53. The van der Waals surface area contributed by atoms with Crippen molar-refractivity contribution in [3.05, 3.63) is 42.2 Å². The molecule has 0 atom stereocenters. The lowest BCUT2D eigenvalue weighted by Gasteiger charge is -2.03. The number of nitrogens with one attached hydrogen (secondary N) is 3. The Balaban J connectivity index is 2.05. The van der Waals surface area contributed by atoms with E-state index in [1.165, 1.54) is 12.5 Å². The molecule has 0 fully saturated rings. The molecule has 0 saturated heterocycles. The van der Waals surface area contributed by atoms with Gasteiger partial charge in [0.05, 0.1) is 17.1 Å². The van der Waals surface area contributed by atoms with E-state index < -0.39 is 10.0 Å². The molecule has 2 heterocycles. The van der Waals surface area contributed by atoms with Crippen LogP contribution in [-0.2, 0) is 23.1 Å². The van der Waals surface area contributed by atoms with Crippen LogP contribution in [0.15, 0.2) is 35.7 Å². The molecule has 102 valence electrons. The van der Waals surface area contributed by atoms with Crippen LogP contribution in [0, 0.1) is 0 Å². The third-order valence-corrected chi connectivity index (χ3v) is 3.86. The monoisotopic (exact) mass is 281 g/mol. The van der Waals surface area contributed by atoms with Gasteiger partial charge in [-0.1, -0.05) is 0 Å². The van der Waals surface area contributed by atoms with Crippen LogP contribution >= 0.6 is 0 Å². The Hall–Kier alpha value is -1.77. The molecule has 8 heteroatoms. The zero-order valence-electron chi connectivity index (χ0n) is 10.4. The molecule has 0 aromatic carbocycles. The molecule has 7 nitrogen and oxygen atoms in total. The van der Waals surface area contributed by atoms with Crippen molar-refractivity contribution in [2.75, 3.05) is 7.05 Å². The summed E-state index contributed by atoms with van der Waals surface area (Å²) in [6.07, 6.45) is 4.41. The highest BCUT2D eigenvalue weighted by Gasteiger charge is 2.15. The van der Waals surface area contributed by atoms with E-state index in [4.69, 9.17) is 0 Å². The SMILES string of the molecule is CNCc1cc(S(=O)(=O)NCc2ccncn2)c[nH]1. The van der Waals surface area contributed by atoms with Crippen molar-refractivity contribution in [3.8, 4) is 0 Å². The average Bonchev–Trinajstić information content (AvgIpc) is 2.88. The second-order valence-corrected chi connectivity index (χ2v) is 5.68. The summed E-state index contributed by atoms with van der Waals surface area (Å²) in [6.45, 7) is 0.721. The number of hydrogen-bond donors (Lipinski definition) is 3. The van der Waals surface area contributed by atoms with E-state index in [1.54, 1.807) is 25.4 Å². The molecule has 0 bridgehead atoms.